The van der Waals surface area contributed by atoms with Gasteiger partial charge in [0.15, 0.2) is 0 Å². The first-order valence-electron chi connectivity index (χ1n) is 6.24. The molecule has 0 radical (unpaired) electrons. The van der Waals surface area contributed by atoms with Crippen molar-refractivity contribution in [3.8, 4) is 0 Å². The van der Waals surface area contributed by atoms with Crippen molar-refractivity contribution in [3.63, 3.8) is 0 Å². The average Bonchev–Trinajstić information content (AvgIpc) is 2.30. The van der Waals surface area contributed by atoms with Gasteiger partial charge in [-0.1, -0.05) is 35.8 Å². The molecule has 1 aromatic carbocycles. The standard InChI is InChI=1S/C13H21BrN2O2S/c1-9(2)6-11(8-15)16-19(17,18)12-5-4-10(3)13(14)7-12/h4-5,7,9,11,16H,6,8,15H2,1-3H3. The summed E-state index contributed by atoms with van der Waals surface area (Å²) in [5.41, 5.74) is 6.62. The van der Waals surface area contributed by atoms with E-state index in [1.807, 2.05) is 20.8 Å². The number of benzene rings is 1. The molecule has 1 atom stereocenters. The van der Waals surface area contributed by atoms with Crippen LogP contribution in [0.5, 0.6) is 0 Å². The van der Waals surface area contributed by atoms with Gasteiger partial charge in [-0.25, -0.2) is 13.1 Å². The predicted molar refractivity (Wildman–Crippen MR) is 81.5 cm³/mol. The first-order valence-corrected chi connectivity index (χ1v) is 8.52. The normalized spacial score (nSPS) is 13.8. The molecular formula is C13H21BrN2O2S. The Bertz CT molecular complexity index is 529. The Hall–Kier alpha value is -0.430. The maximum atomic E-state index is 12.3. The molecule has 1 rings (SSSR count). The van der Waals surface area contributed by atoms with E-state index in [4.69, 9.17) is 5.73 Å². The van der Waals surface area contributed by atoms with Gasteiger partial charge in [-0.05, 0) is 37.0 Å². The van der Waals surface area contributed by atoms with Crippen LogP contribution in [0.2, 0.25) is 0 Å². The molecule has 0 amide bonds. The number of aryl methyl sites for hydroxylation is 1. The number of halogens is 1. The molecule has 1 unspecified atom stereocenters. The molecule has 0 bridgehead atoms. The highest BCUT2D eigenvalue weighted by Gasteiger charge is 2.20. The fraction of sp³-hybridized carbons (Fsp3) is 0.538. The van der Waals surface area contributed by atoms with Crippen LogP contribution in [0.1, 0.15) is 25.8 Å². The van der Waals surface area contributed by atoms with Crippen molar-refractivity contribution in [2.24, 2.45) is 11.7 Å². The van der Waals surface area contributed by atoms with Gasteiger partial charge in [0.2, 0.25) is 10.0 Å². The highest BCUT2D eigenvalue weighted by Crippen LogP contribution is 2.21. The molecule has 6 heteroatoms. The predicted octanol–water partition coefficient (Wildman–Crippen LogP) is 2.41. The van der Waals surface area contributed by atoms with Crippen molar-refractivity contribution in [1.29, 1.82) is 0 Å². The van der Waals surface area contributed by atoms with Crippen LogP contribution in [0.3, 0.4) is 0 Å². The maximum Gasteiger partial charge on any atom is 0.240 e. The van der Waals surface area contributed by atoms with E-state index in [2.05, 4.69) is 20.7 Å². The van der Waals surface area contributed by atoms with Gasteiger partial charge in [0.1, 0.15) is 0 Å². The van der Waals surface area contributed by atoms with Crippen LogP contribution in [0.25, 0.3) is 0 Å². The molecule has 0 fully saturated rings. The van der Waals surface area contributed by atoms with E-state index in [0.717, 1.165) is 16.5 Å². The van der Waals surface area contributed by atoms with Crippen molar-refractivity contribution in [3.05, 3.63) is 28.2 Å². The van der Waals surface area contributed by atoms with Crippen LogP contribution in [0.4, 0.5) is 0 Å². The highest BCUT2D eigenvalue weighted by molar-refractivity contribution is 9.10. The second kappa shape index (κ2) is 6.83. The lowest BCUT2D eigenvalue weighted by molar-refractivity contribution is 0.465. The molecule has 4 nitrogen and oxygen atoms in total. The summed E-state index contributed by atoms with van der Waals surface area (Å²) in [7, 11) is -3.52. The minimum Gasteiger partial charge on any atom is -0.329 e. The van der Waals surface area contributed by atoms with Gasteiger partial charge in [0.25, 0.3) is 0 Å². The zero-order valence-electron chi connectivity index (χ0n) is 11.5. The Labute approximate surface area is 124 Å². The van der Waals surface area contributed by atoms with Gasteiger partial charge in [-0.3, -0.25) is 0 Å². The van der Waals surface area contributed by atoms with Gasteiger partial charge in [-0.15, -0.1) is 0 Å². The molecule has 1 aromatic rings. The lowest BCUT2D eigenvalue weighted by atomic mass is 10.1. The van der Waals surface area contributed by atoms with Gasteiger partial charge in [0.05, 0.1) is 4.90 Å². The van der Waals surface area contributed by atoms with Crippen LogP contribution in [-0.2, 0) is 10.0 Å². The second-order valence-electron chi connectivity index (χ2n) is 5.09. The number of sulfonamides is 1. The summed E-state index contributed by atoms with van der Waals surface area (Å²) < 4.78 is 28.0. The number of hydrogen-bond donors (Lipinski definition) is 2. The van der Waals surface area contributed by atoms with Crippen LogP contribution in [0, 0.1) is 12.8 Å². The Morgan fingerprint density at radius 1 is 1.37 bits per heavy atom. The Morgan fingerprint density at radius 2 is 2.00 bits per heavy atom. The zero-order chi connectivity index (χ0) is 14.6. The minimum atomic E-state index is -3.52. The molecule has 0 heterocycles. The van der Waals surface area contributed by atoms with Crippen molar-refractivity contribution < 1.29 is 8.42 Å². The molecule has 0 aromatic heterocycles. The number of hydrogen-bond acceptors (Lipinski definition) is 3. The molecule has 3 N–H and O–H groups in total. The summed E-state index contributed by atoms with van der Waals surface area (Å²) in [6, 6.07) is 4.76. The fourth-order valence-electron chi connectivity index (χ4n) is 1.79. The van der Waals surface area contributed by atoms with E-state index in [1.54, 1.807) is 18.2 Å². The van der Waals surface area contributed by atoms with Gasteiger partial charge < -0.3 is 5.73 Å². The minimum absolute atomic E-state index is 0.231. The summed E-state index contributed by atoms with van der Waals surface area (Å²) in [4.78, 5) is 0.257. The highest BCUT2D eigenvalue weighted by atomic mass is 79.9. The first-order chi connectivity index (χ1) is 8.76. The lowest BCUT2D eigenvalue weighted by Gasteiger charge is -2.19. The summed E-state index contributed by atoms with van der Waals surface area (Å²) in [5, 5.41) is 0. The van der Waals surface area contributed by atoms with E-state index in [9.17, 15) is 8.42 Å². The summed E-state index contributed by atoms with van der Waals surface area (Å²) in [6.07, 6.45) is 0.725. The monoisotopic (exact) mass is 348 g/mol. The number of nitrogens with one attached hydrogen (secondary N) is 1. The third-order valence-corrected chi connectivity index (χ3v) is 5.19. The van der Waals surface area contributed by atoms with E-state index >= 15 is 0 Å². The van der Waals surface area contributed by atoms with E-state index in [-0.39, 0.29) is 10.9 Å². The maximum absolute atomic E-state index is 12.3. The summed E-state index contributed by atoms with van der Waals surface area (Å²) >= 11 is 3.35. The van der Waals surface area contributed by atoms with E-state index in [0.29, 0.717) is 12.5 Å². The quantitative estimate of drug-likeness (QED) is 0.828. The third kappa shape index (κ3) is 4.87. The van der Waals surface area contributed by atoms with Crippen molar-refractivity contribution >= 4 is 26.0 Å². The van der Waals surface area contributed by atoms with Crippen LogP contribution < -0.4 is 10.5 Å². The number of nitrogens with two attached hydrogens (primary N) is 1. The second-order valence-corrected chi connectivity index (χ2v) is 7.66. The van der Waals surface area contributed by atoms with Crippen molar-refractivity contribution in [1.82, 2.24) is 4.72 Å². The molecule has 0 spiro atoms. The van der Waals surface area contributed by atoms with Gasteiger partial charge in [0, 0.05) is 17.1 Å². The zero-order valence-corrected chi connectivity index (χ0v) is 13.9. The van der Waals surface area contributed by atoms with Crippen molar-refractivity contribution in [2.75, 3.05) is 6.54 Å². The molecule has 0 saturated carbocycles. The topological polar surface area (TPSA) is 72.2 Å². The molecule has 0 aliphatic carbocycles. The van der Waals surface area contributed by atoms with E-state index < -0.39 is 10.0 Å². The Morgan fingerprint density at radius 3 is 2.47 bits per heavy atom. The molecule has 0 aliphatic heterocycles. The molecule has 19 heavy (non-hydrogen) atoms. The Kier molecular flexibility index (Phi) is 5.98. The molecular weight excluding hydrogens is 328 g/mol. The Balaban J connectivity index is 2.93. The third-order valence-electron chi connectivity index (χ3n) is 2.82. The van der Waals surface area contributed by atoms with Gasteiger partial charge >= 0.3 is 0 Å². The van der Waals surface area contributed by atoms with E-state index in [1.165, 1.54) is 0 Å². The number of rotatable bonds is 6. The fourth-order valence-corrected chi connectivity index (χ4v) is 3.61. The van der Waals surface area contributed by atoms with Crippen molar-refractivity contribution in [2.45, 2.75) is 38.1 Å². The molecule has 108 valence electrons. The van der Waals surface area contributed by atoms with Gasteiger partial charge in [-0.2, -0.15) is 0 Å². The summed E-state index contributed by atoms with van der Waals surface area (Å²) in [5.74, 6) is 0.390. The SMILES string of the molecule is Cc1ccc(S(=O)(=O)NC(CN)CC(C)C)cc1Br. The lowest BCUT2D eigenvalue weighted by Crippen LogP contribution is -2.40. The molecule has 0 saturated heterocycles. The van der Waals surface area contributed by atoms with Crippen LogP contribution in [-0.4, -0.2) is 21.0 Å². The summed E-state index contributed by atoms with van der Waals surface area (Å²) in [6.45, 7) is 6.29. The first kappa shape index (κ1) is 16.6. The van der Waals surface area contributed by atoms with Crippen LogP contribution in [0.15, 0.2) is 27.6 Å². The molecule has 0 aliphatic rings. The van der Waals surface area contributed by atoms with Crippen LogP contribution >= 0.6 is 15.9 Å². The average molecular weight is 349 g/mol. The smallest absolute Gasteiger partial charge is 0.240 e. The largest absolute Gasteiger partial charge is 0.329 e.